The third-order valence-corrected chi connectivity index (χ3v) is 3.22. The molecule has 1 N–H and O–H groups in total. The summed E-state index contributed by atoms with van der Waals surface area (Å²) in [5.41, 5.74) is 1.00. The van der Waals surface area contributed by atoms with Crippen LogP contribution < -0.4 is 10.1 Å². The van der Waals surface area contributed by atoms with Crippen LogP contribution in [0.15, 0.2) is 24.3 Å². The number of nitriles is 1. The minimum atomic E-state index is -0.172. The lowest BCUT2D eigenvalue weighted by Gasteiger charge is -2.41. The van der Waals surface area contributed by atoms with Gasteiger partial charge in [0, 0.05) is 19.1 Å². The Morgan fingerprint density at radius 1 is 1.53 bits per heavy atom. The molecular weight excluding hydrogens is 214 g/mol. The molecule has 0 saturated carbocycles. The summed E-state index contributed by atoms with van der Waals surface area (Å²) in [6, 6.07) is 10.4. The van der Waals surface area contributed by atoms with Crippen LogP contribution >= 0.6 is 0 Å². The molecule has 0 radical (unpaired) electrons. The molecule has 1 saturated heterocycles. The summed E-state index contributed by atoms with van der Waals surface area (Å²) < 4.78 is 5.18. The highest BCUT2D eigenvalue weighted by Gasteiger charge is 2.32. The molecule has 0 spiro atoms. The van der Waals surface area contributed by atoms with Crippen LogP contribution in [0, 0.1) is 11.3 Å². The second-order valence-corrected chi connectivity index (χ2v) is 4.25. The maximum absolute atomic E-state index is 9.28. The van der Waals surface area contributed by atoms with Gasteiger partial charge in [0.05, 0.1) is 13.2 Å². The second-order valence-electron chi connectivity index (χ2n) is 4.25. The lowest BCUT2D eigenvalue weighted by molar-refractivity contribution is 0.104. The first-order valence-electron chi connectivity index (χ1n) is 5.73. The van der Waals surface area contributed by atoms with E-state index in [1.807, 2.05) is 31.3 Å². The van der Waals surface area contributed by atoms with Crippen molar-refractivity contribution in [3.8, 4) is 11.8 Å². The molecule has 4 nitrogen and oxygen atoms in total. The Labute approximate surface area is 102 Å². The van der Waals surface area contributed by atoms with Crippen molar-refractivity contribution in [2.45, 2.75) is 12.1 Å². The average molecular weight is 231 g/mol. The Morgan fingerprint density at radius 2 is 2.29 bits per heavy atom. The van der Waals surface area contributed by atoms with Crippen LogP contribution in [0.3, 0.4) is 0 Å². The molecule has 1 atom stereocenters. The summed E-state index contributed by atoms with van der Waals surface area (Å²) >= 11 is 0. The van der Waals surface area contributed by atoms with E-state index in [1.54, 1.807) is 7.11 Å². The van der Waals surface area contributed by atoms with E-state index in [0.29, 0.717) is 6.04 Å². The van der Waals surface area contributed by atoms with Crippen molar-refractivity contribution in [3.63, 3.8) is 0 Å². The Morgan fingerprint density at radius 3 is 2.88 bits per heavy atom. The van der Waals surface area contributed by atoms with Gasteiger partial charge in [0.25, 0.3) is 0 Å². The molecule has 0 bridgehead atoms. The van der Waals surface area contributed by atoms with Crippen LogP contribution in [-0.4, -0.2) is 38.2 Å². The molecule has 0 aromatic heterocycles. The number of likely N-dealkylation sites (N-methyl/N-ethyl adjacent to an activating group) is 1. The predicted molar refractivity (Wildman–Crippen MR) is 65.8 cm³/mol. The predicted octanol–water partition coefficient (Wildman–Crippen LogP) is 1.16. The van der Waals surface area contributed by atoms with Gasteiger partial charge in [0.15, 0.2) is 0 Å². The van der Waals surface area contributed by atoms with E-state index in [4.69, 9.17) is 4.74 Å². The van der Waals surface area contributed by atoms with Crippen molar-refractivity contribution in [1.82, 2.24) is 10.2 Å². The van der Waals surface area contributed by atoms with Gasteiger partial charge in [0.2, 0.25) is 0 Å². The zero-order chi connectivity index (χ0) is 12.3. The summed E-state index contributed by atoms with van der Waals surface area (Å²) in [5, 5.41) is 12.5. The Balaban J connectivity index is 2.11. The third kappa shape index (κ3) is 2.41. The minimum Gasteiger partial charge on any atom is -0.497 e. The van der Waals surface area contributed by atoms with Gasteiger partial charge in [-0.3, -0.25) is 4.90 Å². The first-order valence-corrected chi connectivity index (χ1v) is 5.73. The van der Waals surface area contributed by atoms with E-state index < -0.39 is 0 Å². The Kier molecular flexibility index (Phi) is 3.62. The smallest absolute Gasteiger partial charge is 0.124 e. The standard InChI is InChI=1S/C13H17N3O/c1-15-11-8-16(9-11)13(7-14)10-4-3-5-12(6-10)17-2/h3-6,11,13,15H,8-9H2,1-2H3/t13-/m0/s1. The fraction of sp³-hybridized carbons (Fsp3) is 0.462. The van der Waals surface area contributed by atoms with Crippen LogP contribution in [0.25, 0.3) is 0 Å². The summed E-state index contributed by atoms with van der Waals surface area (Å²) in [7, 11) is 3.59. The minimum absolute atomic E-state index is 0.172. The molecule has 4 heteroatoms. The van der Waals surface area contributed by atoms with E-state index in [2.05, 4.69) is 16.3 Å². The fourth-order valence-corrected chi connectivity index (χ4v) is 2.08. The number of benzene rings is 1. The summed E-state index contributed by atoms with van der Waals surface area (Å²) in [4.78, 5) is 2.16. The monoisotopic (exact) mass is 231 g/mol. The second kappa shape index (κ2) is 5.17. The van der Waals surface area contributed by atoms with E-state index in [0.717, 1.165) is 24.4 Å². The molecule has 1 aliphatic heterocycles. The van der Waals surface area contributed by atoms with Gasteiger partial charge in [-0.25, -0.2) is 0 Å². The van der Waals surface area contributed by atoms with Crippen LogP contribution in [0.5, 0.6) is 5.75 Å². The number of nitrogens with zero attached hydrogens (tertiary/aromatic N) is 2. The van der Waals surface area contributed by atoms with Crippen molar-refractivity contribution >= 4 is 0 Å². The van der Waals surface area contributed by atoms with Gasteiger partial charge in [-0.15, -0.1) is 0 Å². The van der Waals surface area contributed by atoms with Crippen molar-refractivity contribution < 1.29 is 4.74 Å². The van der Waals surface area contributed by atoms with Crippen molar-refractivity contribution in [2.75, 3.05) is 27.2 Å². The molecule has 0 aliphatic carbocycles. The number of hydrogen-bond donors (Lipinski definition) is 1. The molecule has 0 unspecified atom stereocenters. The summed E-state index contributed by atoms with van der Waals surface area (Å²) in [5.74, 6) is 0.799. The van der Waals surface area contributed by atoms with Crippen LogP contribution in [0.2, 0.25) is 0 Å². The maximum Gasteiger partial charge on any atom is 0.124 e. The zero-order valence-corrected chi connectivity index (χ0v) is 10.2. The van der Waals surface area contributed by atoms with Gasteiger partial charge >= 0.3 is 0 Å². The maximum atomic E-state index is 9.28. The molecule has 1 fully saturated rings. The topological polar surface area (TPSA) is 48.3 Å². The number of nitrogens with one attached hydrogen (secondary N) is 1. The van der Waals surface area contributed by atoms with Crippen molar-refractivity contribution in [3.05, 3.63) is 29.8 Å². The first kappa shape index (κ1) is 11.9. The first-order chi connectivity index (χ1) is 8.28. The fourth-order valence-electron chi connectivity index (χ4n) is 2.08. The molecule has 1 heterocycles. The van der Waals surface area contributed by atoms with Crippen molar-refractivity contribution in [1.29, 1.82) is 5.26 Å². The molecule has 1 aliphatic rings. The Hall–Kier alpha value is -1.57. The van der Waals surface area contributed by atoms with E-state index >= 15 is 0 Å². The molecular formula is C13H17N3O. The lowest BCUT2D eigenvalue weighted by atomic mass is 10.00. The van der Waals surface area contributed by atoms with Gasteiger partial charge < -0.3 is 10.1 Å². The zero-order valence-electron chi connectivity index (χ0n) is 10.2. The Bertz CT molecular complexity index is 421. The molecule has 17 heavy (non-hydrogen) atoms. The number of methoxy groups -OCH3 is 1. The molecule has 90 valence electrons. The number of ether oxygens (including phenoxy) is 1. The van der Waals surface area contributed by atoms with Crippen LogP contribution in [0.1, 0.15) is 11.6 Å². The van der Waals surface area contributed by atoms with E-state index in [1.165, 1.54) is 0 Å². The van der Waals surface area contributed by atoms with E-state index in [-0.39, 0.29) is 6.04 Å². The quantitative estimate of drug-likeness (QED) is 0.845. The van der Waals surface area contributed by atoms with Crippen LogP contribution in [-0.2, 0) is 0 Å². The highest BCUT2D eigenvalue weighted by atomic mass is 16.5. The molecule has 0 amide bonds. The third-order valence-electron chi connectivity index (χ3n) is 3.22. The van der Waals surface area contributed by atoms with Gasteiger partial charge in [-0.2, -0.15) is 5.26 Å². The molecule has 2 rings (SSSR count). The number of hydrogen-bond acceptors (Lipinski definition) is 4. The van der Waals surface area contributed by atoms with Gasteiger partial charge in [0.1, 0.15) is 11.8 Å². The van der Waals surface area contributed by atoms with E-state index in [9.17, 15) is 5.26 Å². The summed E-state index contributed by atoms with van der Waals surface area (Å²) in [6.07, 6.45) is 0. The lowest BCUT2D eigenvalue weighted by Crippen LogP contribution is -2.57. The van der Waals surface area contributed by atoms with Crippen LogP contribution in [0.4, 0.5) is 0 Å². The normalized spacial score (nSPS) is 18.2. The highest BCUT2D eigenvalue weighted by molar-refractivity contribution is 5.33. The largest absolute Gasteiger partial charge is 0.497 e. The SMILES string of the molecule is CNC1CN([C@@H](C#N)c2cccc(OC)c2)C1. The average Bonchev–Trinajstić information content (AvgIpc) is 2.33. The highest BCUT2D eigenvalue weighted by Crippen LogP contribution is 2.27. The summed E-state index contributed by atoms with van der Waals surface area (Å²) in [6.45, 7) is 1.85. The number of rotatable bonds is 4. The van der Waals surface area contributed by atoms with Crippen molar-refractivity contribution in [2.24, 2.45) is 0 Å². The van der Waals surface area contributed by atoms with Gasteiger partial charge in [-0.05, 0) is 24.7 Å². The molecule has 1 aromatic carbocycles. The number of likely N-dealkylation sites (tertiary alicyclic amines) is 1. The molecule has 1 aromatic rings. The van der Waals surface area contributed by atoms with Gasteiger partial charge in [-0.1, -0.05) is 12.1 Å².